The second kappa shape index (κ2) is 4.02. The van der Waals surface area contributed by atoms with E-state index in [1.165, 1.54) is 49.8 Å². The molecule has 5 rings (SSSR count). The van der Waals surface area contributed by atoms with Crippen molar-refractivity contribution in [2.24, 2.45) is 23.5 Å². The van der Waals surface area contributed by atoms with E-state index in [4.69, 9.17) is 5.73 Å². The zero-order valence-corrected chi connectivity index (χ0v) is 11.7. The summed E-state index contributed by atoms with van der Waals surface area (Å²) in [5, 5.41) is 0. The molecule has 4 aliphatic rings. The minimum Gasteiger partial charge on any atom is -0.324 e. The van der Waals surface area contributed by atoms with E-state index in [9.17, 15) is 0 Å². The summed E-state index contributed by atoms with van der Waals surface area (Å²) in [6.07, 6.45) is 10.7. The fourth-order valence-electron chi connectivity index (χ4n) is 5.57. The lowest BCUT2D eigenvalue weighted by Gasteiger charge is -2.57. The van der Waals surface area contributed by atoms with Crippen LogP contribution in [0.4, 0.5) is 0 Å². The Morgan fingerprint density at radius 2 is 1.74 bits per heavy atom. The van der Waals surface area contributed by atoms with Gasteiger partial charge in [0.2, 0.25) is 0 Å². The highest BCUT2D eigenvalue weighted by Gasteiger charge is 2.52. The Hall–Kier alpha value is -0.960. The molecule has 2 N–H and O–H groups in total. The Morgan fingerprint density at radius 1 is 1.16 bits per heavy atom. The lowest BCUT2D eigenvalue weighted by molar-refractivity contribution is -0.00583. The molecule has 0 amide bonds. The monoisotopic (exact) mass is 257 g/mol. The van der Waals surface area contributed by atoms with Crippen LogP contribution in [-0.2, 0) is 12.0 Å². The van der Waals surface area contributed by atoms with Crippen molar-refractivity contribution in [1.82, 2.24) is 9.97 Å². The maximum atomic E-state index is 5.65. The van der Waals surface area contributed by atoms with E-state index in [0.29, 0.717) is 12.0 Å². The van der Waals surface area contributed by atoms with Crippen molar-refractivity contribution in [3.8, 4) is 0 Å². The topological polar surface area (TPSA) is 51.8 Å². The molecule has 4 saturated carbocycles. The number of hydrogen-bond acceptors (Lipinski definition) is 3. The lowest BCUT2D eigenvalue weighted by Crippen LogP contribution is -2.49. The van der Waals surface area contributed by atoms with Crippen molar-refractivity contribution < 1.29 is 0 Å². The summed E-state index contributed by atoms with van der Waals surface area (Å²) >= 11 is 0. The Morgan fingerprint density at radius 3 is 2.21 bits per heavy atom. The maximum Gasteiger partial charge on any atom is 0.142 e. The van der Waals surface area contributed by atoms with Crippen LogP contribution in [0.5, 0.6) is 0 Å². The van der Waals surface area contributed by atoms with E-state index in [2.05, 4.69) is 23.1 Å². The van der Waals surface area contributed by atoms with E-state index >= 15 is 0 Å². The summed E-state index contributed by atoms with van der Waals surface area (Å²) in [5.74, 6) is 3.70. The Balaban J connectivity index is 1.75. The van der Waals surface area contributed by atoms with E-state index in [-0.39, 0.29) is 0 Å². The van der Waals surface area contributed by atoms with E-state index in [0.717, 1.165) is 23.6 Å². The zero-order valence-electron chi connectivity index (χ0n) is 11.7. The fourth-order valence-corrected chi connectivity index (χ4v) is 5.57. The average molecular weight is 257 g/mol. The van der Waals surface area contributed by atoms with Crippen LogP contribution in [0.1, 0.15) is 55.6 Å². The number of aromatic nitrogens is 2. The number of nitrogens with zero attached hydrogens (tertiary/aromatic N) is 2. The zero-order chi connectivity index (χ0) is 13.0. The molecule has 1 aromatic rings. The van der Waals surface area contributed by atoms with Crippen LogP contribution in [0.15, 0.2) is 6.20 Å². The van der Waals surface area contributed by atoms with Crippen LogP contribution in [0, 0.1) is 24.7 Å². The molecule has 3 heteroatoms. The van der Waals surface area contributed by atoms with Gasteiger partial charge in [-0.05, 0) is 74.2 Å². The largest absolute Gasteiger partial charge is 0.324 e. The normalized spacial score (nSPS) is 39.8. The first-order valence-electron chi connectivity index (χ1n) is 7.71. The first-order valence-corrected chi connectivity index (χ1v) is 7.71. The Labute approximate surface area is 115 Å². The number of aryl methyl sites for hydroxylation is 1. The van der Waals surface area contributed by atoms with Crippen molar-refractivity contribution in [2.75, 3.05) is 0 Å². The molecule has 1 aromatic heterocycles. The molecule has 0 spiro atoms. The van der Waals surface area contributed by atoms with Gasteiger partial charge >= 0.3 is 0 Å². The molecule has 0 atom stereocenters. The summed E-state index contributed by atoms with van der Waals surface area (Å²) in [6.45, 7) is 2.59. The third kappa shape index (κ3) is 1.74. The minimum absolute atomic E-state index is 0.409. The molecule has 19 heavy (non-hydrogen) atoms. The van der Waals surface area contributed by atoms with Crippen LogP contribution in [0.2, 0.25) is 0 Å². The Kier molecular flexibility index (Phi) is 2.50. The highest BCUT2D eigenvalue weighted by molar-refractivity contribution is 5.30. The van der Waals surface area contributed by atoms with Gasteiger partial charge in [-0.25, -0.2) is 9.97 Å². The van der Waals surface area contributed by atoms with Gasteiger partial charge in [0.15, 0.2) is 0 Å². The van der Waals surface area contributed by atoms with Crippen LogP contribution in [-0.4, -0.2) is 9.97 Å². The first-order chi connectivity index (χ1) is 9.18. The molecule has 102 valence electrons. The van der Waals surface area contributed by atoms with Gasteiger partial charge in [-0.2, -0.15) is 0 Å². The van der Waals surface area contributed by atoms with Crippen molar-refractivity contribution in [1.29, 1.82) is 0 Å². The summed E-state index contributed by atoms with van der Waals surface area (Å²) in [5.41, 5.74) is 8.67. The second-order valence-corrected chi connectivity index (χ2v) is 7.19. The molecule has 0 radical (unpaired) electrons. The van der Waals surface area contributed by atoms with Gasteiger partial charge in [-0.1, -0.05) is 0 Å². The van der Waals surface area contributed by atoms with Gasteiger partial charge in [0.25, 0.3) is 0 Å². The smallest absolute Gasteiger partial charge is 0.142 e. The van der Waals surface area contributed by atoms with Gasteiger partial charge < -0.3 is 5.73 Å². The SMILES string of the molecule is Cc1nc(CN)ncc1C12CC3CC(CC(C3)C1)C2. The fraction of sp³-hybridized carbons (Fsp3) is 0.750. The van der Waals surface area contributed by atoms with Crippen LogP contribution >= 0.6 is 0 Å². The van der Waals surface area contributed by atoms with Gasteiger partial charge in [0, 0.05) is 11.9 Å². The third-order valence-corrected chi connectivity index (χ3v) is 5.82. The number of hydrogen-bond donors (Lipinski definition) is 1. The van der Waals surface area contributed by atoms with Crippen molar-refractivity contribution in [3.05, 3.63) is 23.3 Å². The predicted octanol–water partition coefficient (Wildman–Crippen LogP) is 2.71. The Bertz CT molecular complexity index is 473. The summed E-state index contributed by atoms with van der Waals surface area (Å²) in [6, 6.07) is 0. The summed E-state index contributed by atoms with van der Waals surface area (Å²) in [4.78, 5) is 9.09. The molecular weight excluding hydrogens is 234 g/mol. The van der Waals surface area contributed by atoms with Crippen LogP contribution in [0.3, 0.4) is 0 Å². The highest BCUT2D eigenvalue weighted by atomic mass is 14.9. The quantitative estimate of drug-likeness (QED) is 0.886. The third-order valence-electron chi connectivity index (χ3n) is 5.82. The summed E-state index contributed by atoms with van der Waals surface area (Å²) < 4.78 is 0. The highest BCUT2D eigenvalue weighted by Crippen LogP contribution is 2.60. The minimum atomic E-state index is 0.409. The molecule has 4 fully saturated rings. The molecule has 3 nitrogen and oxygen atoms in total. The standard InChI is InChI=1S/C16H23N3/c1-10-14(9-18-15(8-17)19-10)16-5-11-2-12(6-16)4-13(3-11)7-16/h9,11-13H,2-8,17H2,1H3. The molecule has 0 aliphatic heterocycles. The van der Waals surface area contributed by atoms with E-state index < -0.39 is 0 Å². The maximum absolute atomic E-state index is 5.65. The van der Waals surface area contributed by atoms with Crippen molar-refractivity contribution in [3.63, 3.8) is 0 Å². The first kappa shape index (κ1) is 11.8. The van der Waals surface area contributed by atoms with E-state index in [1.54, 1.807) is 0 Å². The number of nitrogens with two attached hydrogens (primary N) is 1. The molecule has 4 bridgehead atoms. The van der Waals surface area contributed by atoms with E-state index in [1.807, 2.05) is 0 Å². The predicted molar refractivity (Wildman–Crippen MR) is 74.5 cm³/mol. The van der Waals surface area contributed by atoms with Crippen molar-refractivity contribution >= 4 is 0 Å². The average Bonchev–Trinajstić information content (AvgIpc) is 2.36. The molecule has 0 aromatic carbocycles. The van der Waals surface area contributed by atoms with Gasteiger partial charge in [0.1, 0.15) is 5.82 Å². The molecule has 1 heterocycles. The number of rotatable bonds is 2. The van der Waals surface area contributed by atoms with Crippen molar-refractivity contribution in [2.45, 2.75) is 57.4 Å². The summed E-state index contributed by atoms with van der Waals surface area (Å²) in [7, 11) is 0. The molecule has 0 saturated heterocycles. The lowest BCUT2D eigenvalue weighted by atomic mass is 9.48. The van der Waals surface area contributed by atoms with Crippen LogP contribution < -0.4 is 5.73 Å². The van der Waals surface area contributed by atoms with Gasteiger partial charge in [0.05, 0.1) is 6.54 Å². The molecule has 4 aliphatic carbocycles. The van der Waals surface area contributed by atoms with Gasteiger partial charge in [-0.15, -0.1) is 0 Å². The van der Waals surface area contributed by atoms with Gasteiger partial charge in [-0.3, -0.25) is 0 Å². The molecule has 0 unspecified atom stereocenters. The van der Waals surface area contributed by atoms with Crippen LogP contribution in [0.25, 0.3) is 0 Å². The second-order valence-electron chi connectivity index (χ2n) is 7.19. The molecular formula is C16H23N3.